The highest BCUT2D eigenvalue weighted by Gasteiger charge is 2.44. The van der Waals surface area contributed by atoms with Gasteiger partial charge in [-0.2, -0.15) is 0 Å². The Morgan fingerprint density at radius 1 is 1.29 bits per heavy atom. The van der Waals surface area contributed by atoms with Crippen molar-refractivity contribution in [1.82, 2.24) is 4.90 Å². The largest absolute Gasteiger partial charge is 0.481 e. The van der Waals surface area contributed by atoms with E-state index in [0.717, 1.165) is 10.5 Å². The Balaban J connectivity index is 1.93. The van der Waals surface area contributed by atoms with Gasteiger partial charge >= 0.3 is 12.1 Å². The molecule has 0 aliphatic carbocycles. The molecule has 114 valence electrons. The van der Waals surface area contributed by atoms with Gasteiger partial charge in [0.25, 0.3) is 0 Å². The number of rotatable bonds is 4. The number of benzene rings is 1. The predicted molar refractivity (Wildman–Crippen MR) is 68.8 cm³/mol. The fourth-order valence-corrected chi connectivity index (χ4v) is 2.31. The molecule has 0 spiro atoms. The number of ether oxygens (including phenoxy) is 1. The van der Waals surface area contributed by atoms with E-state index in [2.05, 4.69) is 0 Å². The summed E-state index contributed by atoms with van der Waals surface area (Å²) in [6, 6.07) is 8.91. The Labute approximate surface area is 120 Å². The SMILES string of the molecule is O=C(O)[C@H]1CN(C(=O)OCc2ccccc2)C[C@@H]1C(F)F. The summed E-state index contributed by atoms with van der Waals surface area (Å²) in [4.78, 5) is 23.8. The Morgan fingerprint density at radius 2 is 1.95 bits per heavy atom. The van der Waals surface area contributed by atoms with Gasteiger partial charge in [-0.05, 0) is 5.56 Å². The third-order valence-electron chi connectivity index (χ3n) is 3.47. The number of carboxylic acids is 1. The summed E-state index contributed by atoms with van der Waals surface area (Å²) in [5.74, 6) is -3.93. The van der Waals surface area contributed by atoms with Crippen LogP contribution in [0, 0.1) is 11.8 Å². The highest BCUT2D eigenvalue weighted by Crippen LogP contribution is 2.29. The van der Waals surface area contributed by atoms with E-state index in [4.69, 9.17) is 9.84 Å². The van der Waals surface area contributed by atoms with Gasteiger partial charge < -0.3 is 14.7 Å². The van der Waals surface area contributed by atoms with Gasteiger partial charge in [0.15, 0.2) is 0 Å². The first kappa shape index (κ1) is 15.2. The number of likely N-dealkylation sites (tertiary alicyclic amines) is 1. The van der Waals surface area contributed by atoms with Crippen LogP contribution in [0.3, 0.4) is 0 Å². The molecule has 1 aromatic carbocycles. The molecule has 1 amide bonds. The van der Waals surface area contributed by atoms with Crippen LogP contribution in [0.5, 0.6) is 0 Å². The third kappa shape index (κ3) is 3.68. The lowest BCUT2D eigenvalue weighted by Gasteiger charge is -2.16. The van der Waals surface area contributed by atoms with Crippen molar-refractivity contribution in [2.45, 2.75) is 13.0 Å². The molecule has 2 atom stereocenters. The summed E-state index contributed by atoms with van der Waals surface area (Å²) in [6.07, 6.45) is -3.55. The van der Waals surface area contributed by atoms with Crippen molar-refractivity contribution < 1.29 is 28.2 Å². The van der Waals surface area contributed by atoms with Crippen molar-refractivity contribution in [2.75, 3.05) is 13.1 Å². The van der Waals surface area contributed by atoms with E-state index in [1.807, 2.05) is 6.07 Å². The minimum absolute atomic E-state index is 0.0211. The number of nitrogens with zero attached hydrogens (tertiary/aromatic N) is 1. The number of hydrogen-bond acceptors (Lipinski definition) is 3. The molecule has 1 heterocycles. The minimum atomic E-state index is -2.78. The second-order valence-electron chi connectivity index (χ2n) is 4.89. The fourth-order valence-electron chi connectivity index (χ4n) is 2.31. The third-order valence-corrected chi connectivity index (χ3v) is 3.47. The van der Waals surface area contributed by atoms with E-state index in [0.29, 0.717) is 0 Å². The molecule has 1 saturated heterocycles. The Kier molecular flexibility index (Phi) is 4.72. The summed E-state index contributed by atoms with van der Waals surface area (Å²) < 4.78 is 30.6. The van der Waals surface area contributed by atoms with Crippen LogP contribution in [-0.2, 0) is 16.1 Å². The van der Waals surface area contributed by atoms with Crippen LogP contribution < -0.4 is 0 Å². The zero-order valence-electron chi connectivity index (χ0n) is 11.1. The quantitative estimate of drug-likeness (QED) is 0.925. The maximum atomic E-state index is 12.8. The molecule has 1 aliphatic rings. The van der Waals surface area contributed by atoms with Crippen molar-refractivity contribution in [2.24, 2.45) is 11.8 Å². The van der Waals surface area contributed by atoms with Crippen molar-refractivity contribution >= 4 is 12.1 Å². The minimum Gasteiger partial charge on any atom is -0.481 e. The van der Waals surface area contributed by atoms with Gasteiger partial charge in [0.05, 0.1) is 11.8 Å². The lowest BCUT2D eigenvalue weighted by molar-refractivity contribution is -0.144. The zero-order valence-corrected chi connectivity index (χ0v) is 11.1. The molecule has 1 fully saturated rings. The van der Waals surface area contributed by atoms with Crippen molar-refractivity contribution in [3.05, 3.63) is 35.9 Å². The van der Waals surface area contributed by atoms with Crippen LogP contribution in [0.15, 0.2) is 30.3 Å². The maximum absolute atomic E-state index is 12.8. The second-order valence-corrected chi connectivity index (χ2v) is 4.89. The molecule has 2 rings (SSSR count). The summed E-state index contributed by atoms with van der Waals surface area (Å²) in [7, 11) is 0. The molecular weight excluding hydrogens is 284 g/mol. The highest BCUT2D eigenvalue weighted by molar-refractivity contribution is 5.74. The van der Waals surface area contributed by atoms with E-state index in [-0.39, 0.29) is 19.7 Å². The Hall–Kier alpha value is -2.18. The molecule has 0 bridgehead atoms. The number of halogens is 2. The first-order chi connectivity index (χ1) is 9.99. The van der Waals surface area contributed by atoms with Crippen LogP contribution >= 0.6 is 0 Å². The number of carbonyl (C=O) groups is 2. The van der Waals surface area contributed by atoms with Gasteiger partial charge in [0, 0.05) is 13.1 Å². The lowest BCUT2D eigenvalue weighted by Crippen LogP contribution is -2.30. The molecule has 7 heteroatoms. The molecule has 0 unspecified atom stereocenters. The van der Waals surface area contributed by atoms with Crippen LogP contribution in [-0.4, -0.2) is 41.6 Å². The lowest BCUT2D eigenvalue weighted by atomic mass is 9.97. The van der Waals surface area contributed by atoms with Crippen LogP contribution in [0.25, 0.3) is 0 Å². The van der Waals surface area contributed by atoms with Gasteiger partial charge in [-0.3, -0.25) is 4.79 Å². The molecule has 5 nitrogen and oxygen atoms in total. The van der Waals surface area contributed by atoms with Gasteiger partial charge in [-0.25, -0.2) is 13.6 Å². The van der Waals surface area contributed by atoms with E-state index in [1.165, 1.54) is 0 Å². The number of carbonyl (C=O) groups excluding carboxylic acids is 1. The van der Waals surface area contributed by atoms with Crippen LogP contribution in [0.1, 0.15) is 5.56 Å². The van der Waals surface area contributed by atoms with E-state index in [1.54, 1.807) is 24.3 Å². The summed E-state index contributed by atoms with van der Waals surface area (Å²) >= 11 is 0. The predicted octanol–water partition coefficient (Wildman–Crippen LogP) is 2.22. The molecule has 1 aromatic rings. The normalized spacial score (nSPS) is 21.6. The average Bonchev–Trinajstić information content (AvgIpc) is 2.91. The van der Waals surface area contributed by atoms with Gasteiger partial charge in [0.1, 0.15) is 6.61 Å². The first-order valence-electron chi connectivity index (χ1n) is 6.45. The zero-order chi connectivity index (χ0) is 15.4. The number of hydrogen-bond donors (Lipinski definition) is 1. The van der Waals surface area contributed by atoms with Crippen molar-refractivity contribution in [3.63, 3.8) is 0 Å². The first-order valence-corrected chi connectivity index (χ1v) is 6.45. The van der Waals surface area contributed by atoms with Crippen molar-refractivity contribution in [3.8, 4) is 0 Å². The topological polar surface area (TPSA) is 66.8 Å². The summed E-state index contributed by atoms with van der Waals surface area (Å²) in [6.45, 7) is -0.534. The molecular formula is C14H15F2NO4. The molecule has 0 aromatic heterocycles. The summed E-state index contributed by atoms with van der Waals surface area (Å²) in [5, 5.41) is 8.93. The molecule has 21 heavy (non-hydrogen) atoms. The van der Waals surface area contributed by atoms with Gasteiger partial charge in [-0.15, -0.1) is 0 Å². The molecule has 0 radical (unpaired) electrons. The smallest absolute Gasteiger partial charge is 0.410 e. The maximum Gasteiger partial charge on any atom is 0.410 e. The molecule has 1 N–H and O–H groups in total. The highest BCUT2D eigenvalue weighted by atomic mass is 19.3. The number of aliphatic carboxylic acids is 1. The van der Waals surface area contributed by atoms with Gasteiger partial charge in [-0.1, -0.05) is 30.3 Å². The fraction of sp³-hybridized carbons (Fsp3) is 0.429. The van der Waals surface area contributed by atoms with E-state index >= 15 is 0 Å². The number of alkyl halides is 2. The second kappa shape index (κ2) is 6.51. The van der Waals surface area contributed by atoms with Crippen molar-refractivity contribution in [1.29, 1.82) is 0 Å². The molecule has 0 saturated carbocycles. The Morgan fingerprint density at radius 3 is 2.48 bits per heavy atom. The number of carboxylic acid groups (broad SMARTS) is 1. The monoisotopic (exact) mass is 299 g/mol. The van der Waals surface area contributed by atoms with Gasteiger partial charge in [0.2, 0.25) is 6.43 Å². The van der Waals surface area contributed by atoms with E-state index < -0.39 is 30.3 Å². The molecule has 1 aliphatic heterocycles. The van der Waals surface area contributed by atoms with Crippen LogP contribution in [0.4, 0.5) is 13.6 Å². The standard InChI is InChI=1S/C14H15F2NO4/c15-12(16)10-6-17(7-11(10)13(18)19)14(20)21-8-9-4-2-1-3-5-9/h1-5,10-12H,6-8H2,(H,18,19)/t10-,11-/m0/s1. The average molecular weight is 299 g/mol. The summed E-state index contributed by atoms with van der Waals surface area (Å²) in [5.41, 5.74) is 0.769. The Bertz CT molecular complexity index is 509. The van der Waals surface area contributed by atoms with E-state index in [9.17, 15) is 18.4 Å². The van der Waals surface area contributed by atoms with Crippen LogP contribution in [0.2, 0.25) is 0 Å². The number of amides is 1.